The van der Waals surface area contributed by atoms with Gasteiger partial charge in [0, 0.05) is 22.7 Å². The van der Waals surface area contributed by atoms with Crippen molar-refractivity contribution in [3.05, 3.63) is 81.4 Å². The van der Waals surface area contributed by atoms with E-state index < -0.39 is 0 Å². The Morgan fingerprint density at radius 3 is 1.67 bits per heavy atom. The van der Waals surface area contributed by atoms with Crippen molar-refractivity contribution < 1.29 is 0 Å². The van der Waals surface area contributed by atoms with E-state index in [-0.39, 0.29) is 11.3 Å². The van der Waals surface area contributed by atoms with Gasteiger partial charge in [0.05, 0.1) is 0 Å². The lowest BCUT2D eigenvalue weighted by Gasteiger charge is -2.45. The number of allylic oxidation sites excluding steroid dienone is 4. The number of anilines is 2. The van der Waals surface area contributed by atoms with Crippen molar-refractivity contribution in [3.8, 4) is 0 Å². The lowest BCUT2D eigenvalue weighted by molar-refractivity contribution is 0.343. The Kier molecular flexibility index (Phi) is 5.91. The van der Waals surface area contributed by atoms with Crippen LogP contribution in [0.3, 0.4) is 0 Å². The zero-order chi connectivity index (χ0) is 22.4. The molecule has 2 atom stereocenters. The molecule has 2 heteroatoms. The highest BCUT2D eigenvalue weighted by Crippen LogP contribution is 2.51. The molecule has 160 valence electrons. The molecule has 2 nitrogen and oxygen atoms in total. The van der Waals surface area contributed by atoms with Crippen LogP contribution in [0.15, 0.2) is 48.1 Å². The molecule has 3 rings (SSSR count). The summed E-state index contributed by atoms with van der Waals surface area (Å²) in [6, 6.07) is 9.17. The van der Waals surface area contributed by atoms with E-state index in [1.54, 1.807) is 0 Å². The Morgan fingerprint density at radius 2 is 1.23 bits per heavy atom. The fourth-order valence-corrected chi connectivity index (χ4v) is 5.05. The van der Waals surface area contributed by atoms with Crippen LogP contribution in [-0.4, -0.2) is 0 Å². The lowest BCUT2D eigenvalue weighted by Crippen LogP contribution is -2.38. The van der Waals surface area contributed by atoms with Gasteiger partial charge in [-0.15, -0.1) is 0 Å². The molecule has 1 aliphatic carbocycles. The first-order chi connectivity index (χ1) is 14.0. The summed E-state index contributed by atoms with van der Waals surface area (Å²) in [5.41, 5.74) is 23.0. The van der Waals surface area contributed by atoms with Crippen molar-refractivity contribution in [2.45, 2.75) is 66.7 Å². The molecular formula is C28H38N2. The molecule has 0 saturated carbocycles. The van der Waals surface area contributed by atoms with Crippen molar-refractivity contribution in [2.75, 3.05) is 11.5 Å². The van der Waals surface area contributed by atoms with Crippen molar-refractivity contribution in [2.24, 2.45) is 11.8 Å². The Morgan fingerprint density at radius 1 is 0.767 bits per heavy atom. The Labute approximate surface area is 183 Å². The van der Waals surface area contributed by atoms with Gasteiger partial charge in [-0.2, -0.15) is 0 Å². The van der Waals surface area contributed by atoms with Gasteiger partial charge in [0.15, 0.2) is 0 Å². The number of hydrogen-bond donors (Lipinski definition) is 2. The number of rotatable bonds is 4. The predicted molar refractivity (Wildman–Crippen MR) is 132 cm³/mol. The van der Waals surface area contributed by atoms with E-state index in [4.69, 9.17) is 11.5 Å². The summed E-state index contributed by atoms with van der Waals surface area (Å²) in [4.78, 5) is 0. The zero-order valence-corrected chi connectivity index (χ0v) is 19.9. The van der Waals surface area contributed by atoms with Gasteiger partial charge in [0.1, 0.15) is 0 Å². The summed E-state index contributed by atoms with van der Waals surface area (Å²) in [7, 11) is 0. The SMILES string of the molecule is Cc1cc(C2C=C(C(C)C)C=CC2(c2cc(C)c(N)c(C)c2)C(C)C)cc(C)c1N. The molecule has 0 fully saturated rings. The van der Waals surface area contributed by atoms with E-state index in [9.17, 15) is 0 Å². The second-order valence-corrected chi connectivity index (χ2v) is 9.81. The summed E-state index contributed by atoms with van der Waals surface area (Å²) in [5.74, 6) is 1.13. The average Bonchev–Trinajstić information content (AvgIpc) is 2.68. The Balaban J connectivity index is 2.34. The first kappa shape index (κ1) is 22.2. The third kappa shape index (κ3) is 3.57. The Bertz CT molecular complexity index is 977. The van der Waals surface area contributed by atoms with Crippen LogP contribution in [0, 0.1) is 39.5 Å². The van der Waals surface area contributed by atoms with Gasteiger partial charge >= 0.3 is 0 Å². The molecule has 2 aromatic carbocycles. The molecule has 0 radical (unpaired) electrons. The fraction of sp³-hybridized carbons (Fsp3) is 0.429. The van der Waals surface area contributed by atoms with Gasteiger partial charge < -0.3 is 11.5 Å². The molecule has 1 aliphatic rings. The topological polar surface area (TPSA) is 52.0 Å². The third-order valence-electron chi connectivity index (χ3n) is 7.12. The minimum Gasteiger partial charge on any atom is -0.398 e. The van der Waals surface area contributed by atoms with E-state index in [0.29, 0.717) is 11.8 Å². The van der Waals surface area contributed by atoms with Crippen LogP contribution >= 0.6 is 0 Å². The first-order valence-corrected chi connectivity index (χ1v) is 11.1. The highest BCUT2D eigenvalue weighted by molar-refractivity contribution is 5.60. The van der Waals surface area contributed by atoms with E-state index in [1.807, 2.05) is 0 Å². The van der Waals surface area contributed by atoms with Crippen molar-refractivity contribution in [1.82, 2.24) is 0 Å². The van der Waals surface area contributed by atoms with Crippen LogP contribution in [-0.2, 0) is 5.41 Å². The smallest absolute Gasteiger partial charge is 0.0373 e. The molecular weight excluding hydrogens is 364 g/mol. The normalized spacial score (nSPS) is 21.4. The monoisotopic (exact) mass is 402 g/mol. The van der Waals surface area contributed by atoms with Crippen molar-refractivity contribution in [1.29, 1.82) is 0 Å². The summed E-state index contributed by atoms with van der Waals surface area (Å²) < 4.78 is 0. The summed E-state index contributed by atoms with van der Waals surface area (Å²) >= 11 is 0. The largest absolute Gasteiger partial charge is 0.398 e. The third-order valence-corrected chi connectivity index (χ3v) is 7.12. The standard InChI is InChI=1S/C28H38N2/c1-16(2)22-9-10-28(17(3)4,24-13-20(7)27(30)21(8)14-24)25(15-22)23-11-18(5)26(29)19(6)12-23/h9-17,25H,29-30H2,1-8H3. The molecule has 0 amide bonds. The molecule has 0 heterocycles. The highest BCUT2D eigenvalue weighted by Gasteiger charge is 2.43. The summed E-state index contributed by atoms with van der Waals surface area (Å²) in [6.07, 6.45) is 7.30. The minimum absolute atomic E-state index is 0.142. The van der Waals surface area contributed by atoms with Gasteiger partial charge in [-0.25, -0.2) is 0 Å². The Hall–Kier alpha value is -2.48. The van der Waals surface area contributed by atoms with Crippen LogP contribution in [0.25, 0.3) is 0 Å². The van der Waals surface area contributed by atoms with E-state index in [2.05, 4.69) is 97.9 Å². The lowest BCUT2D eigenvalue weighted by atomic mass is 9.58. The summed E-state index contributed by atoms with van der Waals surface area (Å²) in [5, 5.41) is 0. The molecule has 0 spiro atoms. The minimum atomic E-state index is -0.142. The molecule has 0 aromatic heterocycles. The zero-order valence-electron chi connectivity index (χ0n) is 19.9. The molecule has 30 heavy (non-hydrogen) atoms. The van der Waals surface area contributed by atoms with E-state index >= 15 is 0 Å². The number of nitrogens with two attached hydrogens (primary N) is 2. The number of aryl methyl sites for hydroxylation is 4. The van der Waals surface area contributed by atoms with Crippen LogP contribution in [0.2, 0.25) is 0 Å². The van der Waals surface area contributed by atoms with Crippen molar-refractivity contribution in [3.63, 3.8) is 0 Å². The van der Waals surface area contributed by atoms with Gasteiger partial charge in [-0.3, -0.25) is 0 Å². The number of nitrogen functional groups attached to an aromatic ring is 2. The maximum absolute atomic E-state index is 6.32. The number of benzene rings is 2. The molecule has 0 saturated heterocycles. The second kappa shape index (κ2) is 7.98. The van der Waals surface area contributed by atoms with E-state index in [1.165, 1.54) is 16.7 Å². The molecule has 2 aromatic rings. The van der Waals surface area contributed by atoms with E-state index in [0.717, 1.165) is 33.6 Å². The number of hydrogen-bond acceptors (Lipinski definition) is 2. The van der Waals surface area contributed by atoms with Crippen LogP contribution in [0.4, 0.5) is 11.4 Å². The molecule has 2 unspecified atom stereocenters. The van der Waals surface area contributed by atoms with Crippen LogP contribution in [0.5, 0.6) is 0 Å². The maximum atomic E-state index is 6.32. The molecule has 0 bridgehead atoms. The molecule has 4 N–H and O–H groups in total. The second-order valence-electron chi connectivity index (χ2n) is 9.81. The maximum Gasteiger partial charge on any atom is 0.0373 e. The van der Waals surface area contributed by atoms with Gasteiger partial charge in [0.2, 0.25) is 0 Å². The average molecular weight is 403 g/mol. The fourth-order valence-electron chi connectivity index (χ4n) is 5.05. The highest BCUT2D eigenvalue weighted by atomic mass is 14.6. The predicted octanol–water partition coefficient (Wildman–Crippen LogP) is 6.91. The molecule has 0 aliphatic heterocycles. The van der Waals surface area contributed by atoms with Crippen LogP contribution in [0.1, 0.15) is 67.0 Å². The summed E-state index contributed by atoms with van der Waals surface area (Å²) in [6.45, 7) is 17.7. The van der Waals surface area contributed by atoms with Gasteiger partial charge in [-0.05, 0) is 78.5 Å². The van der Waals surface area contributed by atoms with Crippen molar-refractivity contribution >= 4 is 11.4 Å². The van der Waals surface area contributed by atoms with Gasteiger partial charge in [0.25, 0.3) is 0 Å². The van der Waals surface area contributed by atoms with Crippen LogP contribution < -0.4 is 11.5 Å². The first-order valence-electron chi connectivity index (χ1n) is 11.1. The van der Waals surface area contributed by atoms with Gasteiger partial charge in [-0.1, -0.05) is 70.2 Å². The quantitative estimate of drug-likeness (QED) is 0.546.